The van der Waals surface area contributed by atoms with E-state index in [2.05, 4.69) is 57.9 Å². The van der Waals surface area contributed by atoms with Gasteiger partial charge in [-0.2, -0.15) is 0 Å². The quantitative estimate of drug-likeness (QED) is 0.745. The lowest BCUT2D eigenvalue weighted by atomic mass is 10.0. The maximum Gasteiger partial charge on any atom is 0.0697 e. The van der Waals surface area contributed by atoms with E-state index in [1.54, 1.807) is 10.9 Å². The summed E-state index contributed by atoms with van der Waals surface area (Å²) in [5.74, 6) is 0. The Bertz CT molecular complexity index is 783. The Morgan fingerprint density at radius 2 is 1.92 bits per heavy atom. The zero-order valence-corrected chi connectivity index (χ0v) is 14.5. The molecule has 3 aromatic rings. The fraction of sp³-hybridized carbons (Fsp3) is 0.350. The number of hydrogen-bond acceptors (Lipinski definition) is 4. The van der Waals surface area contributed by atoms with Crippen LogP contribution in [-0.4, -0.2) is 26.0 Å². The Labute approximate surface area is 148 Å². The van der Waals surface area contributed by atoms with E-state index in [4.69, 9.17) is 0 Å². The van der Waals surface area contributed by atoms with Gasteiger partial charge in [0.25, 0.3) is 0 Å². The minimum atomic E-state index is 0.323. The average Bonchev–Trinajstić information content (AvgIpc) is 3.12. The second-order valence-corrected chi connectivity index (χ2v) is 6.71. The first-order valence-corrected chi connectivity index (χ1v) is 8.95. The molecule has 1 aliphatic rings. The Hall–Kier alpha value is -2.53. The highest BCUT2D eigenvalue weighted by Gasteiger charge is 2.18. The summed E-state index contributed by atoms with van der Waals surface area (Å²) in [6.45, 7) is 2.24. The fourth-order valence-electron chi connectivity index (χ4n) is 3.59. The normalized spacial score (nSPS) is 18.4. The predicted octanol–water partition coefficient (Wildman–Crippen LogP) is 3.26. The summed E-state index contributed by atoms with van der Waals surface area (Å²) in [5, 5.41) is 11.7. The van der Waals surface area contributed by atoms with E-state index in [9.17, 15) is 0 Å². The van der Waals surface area contributed by atoms with Gasteiger partial charge >= 0.3 is 0 Å². The molecule has 0 aliphatic heterocycles. The van der Waals surface area contributed by atoms with Crippen molar-refractivity contribution in [3.8, 4) is 5.69 Å². The Morgan fingerprint density at radius 3 is 2.72 bits per heavy atom. The molecule has 0 amide bonds. The standard InChI is InChI=1S/C20H23N5/c1-15(16-5-9-19(10-6-16)25-14-13-22-24-25)23-18-7-4-17-3-2-12-21-20(17)11-8-18/h2-3,5-6,9-10,12-15,18,23H,4,7-8,11H2,1H3/t15-,18+/m1/s1. The van der Waals surface area contributed by atoms with E-state index < -0.39 is 0 Å². The molecule has 5 heteroatoms. The van der Waals surface area contributed by atoms with E-state index in [0.29, 0.717) is 12.1 Å². The van der Waals surface area contributed by atoms with Gasteiger partial charge in [0.15, 0.2) is 0 Å². The molecule has 0 bridgehead atoms. The number of nitrogens with one attached hydrogen (secondary N) is 1. The van der Waals surface area contributed by atoms with Crippen molar-refractivity contribution in [2.24, 2.45) is 0 Å². The van der Waals surface area contributed by atoms with Gasteiger partial charge in [-0.15, -0.1) is 5.10 Å². The number of pyridine rings is 1. The van der Waals surface area contributed by atoms with Crippen LogP contribution in [0, 0.1) is 0 Å². The van der Waals surface area contributed by atoms with Crippen LogP contribution in [0.3, 0.4) is 0 Å². The van der Waals surface area contributed by atoms with E-state index >= 15 is 0 Å². The highest BCUT2D eigenvalue weighted by molar-refractivity contribution is 5.34. The lowest BCUT2D eigenvalue weighted by Crippen LogP contribution is -2.31. The second kappa shape index (κ2) is 7.15. The number of fused-ring (bicyclic) bond motifs is 1. The lowest BCUT2D eigenvalue weighted by Gasteiger charge is -2.22. The molecule has 0 saturated carbocycles. The fourth-order valence-corrected chi connectivity index (χ4v) is 3.59. The summed E-state index contributed by atoms with van der Waals surface area (Å²) in [6, 6.07) is 13.6. The van der Waals surface area contributed by atoms with Crippen molar-refractivity contribution in [1.29, 1.82) is 0 Å². The van der Waals surface area contributed by atoms with Crippen molar-refractivity contribution in [3.05, 3.63) is 71.8 Å². The van der Waals surface area contributed by atoms with E-state index in [1.807, 2.05) is 18.5 Å². The Kier molecular flexibility index (Phi) is 4.57. The number of aryl methyl sites for hydroxylation is 2. The number of aromatic nitrogens is 4. The molecular weight excluding hydrogens is 310 g/mol. The van der Waals surface area contributed by atoms with Crippen molar-refractivity contribution in [2.75, 3.05) is 0 Å². The number of nitrogens with zero attached hydrogens (tertiary/aromatic N) is 4. The zero-order chi connectivity index (χ0) is 17.1. The van der Waals surface area contributed by atoms with Gasteiger partial charge in [0.05, 0.1) is 18.1 Å². The molecule has 0 radical (unpaired) electrons. The maximum absolute atomic E-state index is 4.54. The molecule has 0 spiro atoms. The molecule has 1 aliphatic carbocycles. The van der Waals surface area contributed by atoms with E-state index in [1.165, 1.54) is 23.2 Å². The number of hydrogen-bond donors (Lipinski definition) is 1. The van der Waals surface area contributed by atoms with Crippen LogP contribution in [0.2, 0.25) is 0 Å². The molecule has 2 atom stereocenters. The van der Waals surface area contributed by atoms with Gasteiger partial charge in [0.1, 0.15) is 0 Å². The van der Waals surface area contributed by atoms with Crippen molar-refractivity contribution in [3.63, 3.8) is 0 Å². The molecule has 2 heterocycles. The molecule has 1 N–H and O–H groups in total. The minimum Gasteiger partial charge on any atom is -0.307 e. The van der Waals surface area contributed by atoms with Gasteiger partial charge in [0.2, 0.25) is 0 Å². The smallest absolute Gasteiger partial charge is 0.0697 e. The Balaban J connectivity index is 1.39. The summed E-state index contributed by atoms with van der Waals surface area (Å²) >= 11 is 0. The van der Waals surface area contributed by atoms with Gasteiger partial charge in [-0.1, -0.05) is 23.4 Å². The molecule has 0 unspecified atom stereocenters. The Morgan fingerprint density at radius 1 is 1.08 bits per heavy atom. The van der Waals surface area contributed by atoms with Gasteiger partial charge in [-0.05, 0) is 61.9 Å². The molecule has 128 valence electrons. The summed E-state index contributed by atoms with van der Waals surface area (Å²) in [6.07, 6.45) is 9.94. The third kappa shape index (κ3) is 3.61. The van der Waals surface area contributed by atoms with E-state index in [0.717, 1.165) is 24.9 Å². The first-order valence-electron chi connectivity index (χ1n) is 8.95. The van der Waals surface area contributed by atoms with Crippen molar-refractivity contribution in [1.82, 2.24) is 25.3 Å². The molecule has 5 nitrogen and oxygen atoms in total. The second-order valence-electron chi connectivity index (χ2n) is 6.71. The molecule has 0 fully saturated rings. The summed E-state index contributed by atoms with van der Waals surface area (Å²) in [5.41, 5.74) is 5.02. The van der Waals surface area contributed by atoms with Gasteiger partial charge in [0, 0.05) is 24.0 Å². The minimum absolute atomic E-state index is 0.323. The highest BCUT2D eigenvalue weighted by Crippen LogP contribution is 2.22. The van der Waals surface area contributed by atoms with Crippen LogP contribution in [0.25, 0.3) is 5.69 Å². The molecular formula is C20H23N5. The largest absolute Gasteiger partial charge is 0.307 e. The van der Waals surface area contributed by atoms with Gasteiger partial charge < -0.3 is 5.32 Å². The SMILES string of the molecule is C[C@@H](N[C@H]1CCc2cccnc2CC1)c1ccc(-n2ccnn2)cc1. The summed E-state index contributed by atoms with van der Waals surface area (Å²) < 4.78 is 1.78. The van der Waals surface area contributed by atoms with Crippen molar-refractivity contribution < 1.29 is 0 Å². The van der Waals surface area contributed by atoms with Crippen molar-refractivity contribution >= 4 is 0 Å². The van der Waals surface area contributed by atoms with Crippen LogP contribution in [-0.2, 0) is 12.8 Å². The first-order chi connectivity index (χ1) is 12.3. The zero-order valence-electron chi connectivity index (χ0n) is 14.5. The van der Waals surface area contributed by atoms with Crippen LogP contribution in [0.4, 0.5) is 0 Å². The van der Waals surface area contributed by atoms with Crippen molar-refractivity contribution in [2.45, 2.75) is 44.7 Å². The average molecular weight is 333 g/mol. The summed E-state index contributed by atoms with van der Waals surface area (Å²) in [4.78, 5) is 4.54. The monoisotopic (exact) mass is 333 g/mol. The van der Waals surface area contributed by atoms with Crippen LogP contribution < -0.4 is 5.32 Å². The van der Waals surface area contributed by atoms with Gasteiger partial charge in [-0.25, -0.2) is 4.68 Å². The topological polar surface area (TPSA) is 55.6 Å². The number of rotatable bonds is 4. The predicted molar refractivity (Wildman–Crippen MR) is 97.6 cm³/mol. The molecule has 25 heavy (non-hydrogen) atoms. The number of benzene rings is 1. The molecule has 2 aromatic heterocycles. The maximum atomic E-state index is 4.54. The summed E-state index contributed by atoms with van der Waals surface area (Å²) in [7, 11) is 0. The van der Waals surface area contributed by atoms with Crippen LogP contribution in [0.1, 0.15) is 42.6 Å². The first kappa shape index (κ1) is 16.0. The van der Waals surface area contributed by atoms with E-state index in [-0.39, 0.29) is 0 Å². The highest BCUT2D eigenvalue weighted by atomic mass is 15.4. The molecule has 1 aromatic carbocycles. The van der Waals surface area contributed by atoms with Crippen LogP contribution >= 0.6 is 0 Å². The third-order valence-electron chi connectivity index (χ3n) is 5.04. The molecule has 0 saturated heterocycles. The van der Waals surface area contributed by atoms with Crippen LogP contribution in [0.15, 0.2) is 55.0 Å². The molecule has 4 rings (SSSR count). The van der Waals surface area contributed by atoms with Gasteiger partial charge in [-0.3, -0.25) is 4.98 Å². The lowest BCUT2D eigenvalue weighted by molar-refractivity contribution is 0.416. The third-order valence-corrected chi connectivity index (χ3v) is 5.04. The van der Waals surface area contributed by atoms with Crippen LogP contribution in [0.5, 0.6) is 0 Å².